The van der Waals surface area contributed by atoms with E-state index in [9.17, 15) is 17.6 Å². The second kappa shape index (κ2) is 7.58. The van der Waals surface area contributed by atoms with Crippen molar-refractivity contribution in [3.05, 3.63) is 64.9 Å². The van der Waals surface area contributed by atoms with Crippen molar-refractivity contribution in [3.63, 3.8) is 0 Å². The molecule has 142 valence electrons. The van der Waals surface area contributed by atoms with Crippen LogP contribution in [0.25, 0.3) is 16.9 Å². The third-order valence-corrected chi connectivity index (χ3v) is 3.81. The van der Waals surface area contributed by atoms with E-state index < -0.39 is 18.6 Å². The van der Waals surface area contributed by atoms with Gasteiger partial charge in [0, 0.05) is 16.7 Å². The molecule has 0 saturated carbocycles. The Morgan fingerprint density at radius 3 is 2.44 bits per heavy atom. The molecule has 0 aliphatic heterocycles. The molecule has 27 heavy (non-hydrogen) atoms. The van der Waals surface area contributed by atoms with Gasteiger partial charge in [-0.05, 0) is 48.0 Å². The van der Waals surface area contributed by atoms with E-state index >= 15 is 0 Å². The summed E-state index contributed by atoms with van der Waals surface area (Å²) in [5.74, 6) is -0.170. The summed E-state index contributed by atoms with van der Waals surface area (Å²) < 4.78 is 56.1. The van der Waals surface area contributed by atoms with E-state index in [2.05, 4.69) is 5.10 Å². The van der Waals surface area contributed by atoms with Crippen molar-refractivity contribution in [2.75, 3.05) is 12.3 Å². The molecule has 3 aromatic rings. The van der Waals surface area contributed by atoms with E-state index in [0.29, 0.717) is 27.5 Å². The van der Waals surface area contributed by atoms with Gasteiger partial charge < -0.3 is 10.5 Å². The topological polar surface area (TPSA) is 53.1 Å². The summed E-state index contributed by atoms with van der Waals surface area (Å²) in [7, 11) is 0. The number of alkyl halides is 3. The Kier molecular flexibility index (Phi) is 5.38. The van der Waals surface area contributed by atoms with Crippen LogP contribution in [0, 0.1) is 5.82 Å². The first-order valence-corrected chi connectivity index (χ1v) is 8.15. The number of halogens is 5. The van der Waals surface area contributed by atoms with Crippen LogP contribution in [0.2, 0.25) is 5.02 Å². The Bertz CT molecular complexity index is 939. The number of rotatable bonds is 5. The zero-order valence-corrected chi connectivity index (χ0v) is 14.6. The second-order valence-electron chi connectivity index (χ2n) is 5.80. The molecule has 2 aromatic carbocycles. The predicted octanol–water partition coefficient (Wildman–Crippen LogP) is 4.99. The first kappa shape index (κ1) is 19.2. The Morgan fingerprint density at radius 2 is 1.78 bits per heavy atom. The predicted molar refractivity (Wildman–Crippen MR) is 94.1 cm³/mol. The summed E-state index contributed by atoms with van der Waals surface area (Å²) in [4.78, 5) is 0. The fourth-order valence-electron chi connectivity index (χ4n) is 2.55. The molecule has 2 N–H and O–H groups in total. The highest BCUT2D eigenvalue weighted by Crippen LogP contribution is 2.29. The summed E-state index contributed by atoms with van der Waals surface area (Å²) in [6.07, 6.45) is -4.41. The fraction of sp³-hybridized carbons (Fsp3) is 0.167. The summed E-state index contributed by atoms with van der Waals surface area (Å²) >= 11 is 6.11. The maximum atomic E-state index is 13.2. The molecule has 3 rings (SSSR count). The van der Waals surface area contributed by atoms with E-state index in [-0.39, 0.29) is 12.4 Å². The number of hydrogen-bond donors (Lipinski definition) is 1. The van der Waals surface area contributed by atoms with Crippen LogP contribution in [0.4, 0.5) is 23.4 Å². The van der Waals surface area contributed by atoms with Crippen LogP contribution in [-0.4, -0.2) is 22.6 Å². The molecule has 1 heterocycles. The SMILES string of the molecule is Nc1cc(-c2cc(Cl)cc(COCC(F)(F)F)c2)n(-c2ccc(F)cc2)n1. The minimum Gasteiger partial charge on any atom is -0.382 e. The van der Waals surface area contributed by atoms with Gasteiger partial charge in [0.2, 0.25) is 0 Å². The zero-order chi connectivity index (χ0) is 19.6. The lowest BCUT2D eigenvalue weighted by Gasteiger charge is -2.11. The number of ether oxygens (including phenoxy) is 1. The van der Waals surface area contributed by atoms with Gasteiger partial charge in [0.15, 0.2) is 0 Å². The molecular weight excluding hydrogens is 386 g/mol. The van der Waals surface area contributed by atoms with Crippen LogP contribution in [-0.2, 0) is 11.3 Å². The van der Waals surface area contributed by atoms with Gasteiger partial charge >= 0.3 is 6.18 Å². The molecule has 0 aliphatic carbocycles. The van der Waals surface area contributed by atoms with Gasteiger partial charge in [-0.1, -0.05) is 11.6 Å². The molecule has 0 aliphatic rings. The molecule has 0 spiro atoms. The Balaban J connectivity index is 1.93. The zero-order valence-electron chi connectivity index (χ0n) is 13.8. The molecule has 0 unspecified atom stereocenters. The van der Waals surface area contributed by atoms with Crippen LogP contribution in [0.3, 0.4) is 0 Å². The number of nitrogens with two attached hydrogens (primary N) is 1. The van der Waals surface area contributed by atoms with Crippen molar-refractivity contribution in [3.8, 4) is 16.9 Å². The molecular formula is C18H14ClF4N3O. The average molecular weight is 400 g/mol. The van der Waals surface area contributed by atoms with Crippen LogP contribution < -0.4 is 5.73 Å². The first-order chi connectivity index (χ1) is 12.7. The van der Waals surface area contributed by atoms with Crippen LogP contribution >= 0.6 is 11.6 Å². The maximum Gasteiger partial charge on any atom is 0.411 e. The average Bonchev–Trinajstić information content (AvgIpc) is 2.96. The molecule has 0 fully saturated rings. The summed E-state index contributed by atoms with van der Waals surface area (Å²) in [5, 5.41) is 4.51. The fourth-order valence-corrected chi connectivity index (χ4v) is 2.81. The van der Waals surface area contributed by atoms with Gasteiger partial charge in [-0.3, -0.25) is 0 Å². The van der Waals surface area contributed by atoms with Gasteiger partial charge in [-0.2, -0.15) is 18.3 Å². The molecule has 0 radical (unpaired) electrons. The van der Waals surface area contributed by atoms with Crippen LogP contribution in [0.5, 0.6) is 0 Å². The number of nitrogen functional groups attached to an aromatic ring is 1. The Labute approximate surface area is 157 Å². The van der Waals surface area contributed by atoms with Gasteiger partial charge in [-0.25, -0.2) is 9.07 Å². The lowest BCUT2D eigenvalue weighted by atomic mass is 10.1. The number of aromatic nitrogens is 2. The molecule has 0 saturated heterocycles. The summed E-state index contributed by atoms with van der Waals surface area (Å²) in [5.41, 5.74) is 7.97. The number of anilines is 1. The highest BCUT2D eigenvalue weighted by molar-refractivity contribution is 6.31. The monoisotopic (exact) mass is 399 g/mol. The summed E-state index contributed by atoms with van der Waals surface area (Å²) in [6.45, 7) is -1.61. The molecule has 0 amide bonds. The van der Waals surface area contributed by atoms with E-state index in [0.717, 1.165) is 0 Å². The van der Waals surface area contributed by atoms with E-state index in [4.69, 9.17) is 22.1 Å². The quantitative estimate of drug-likeness (QED) is 0.615. The Morgan fingerprint density at radius 1 is 1.07 bits per heavy atom. The standard InChI is InChI=1S/C18H14ClF4N3O/c19-13-6-11(9-27-10-18(21,22)23)5-12(7-13)16-8-17(24)25-26(16)15-3-1-14(20)2-4-15/h1-8H,9-10H2,(H2,24,25). The molecule has 4 nitrogen and oxygen atoms in total. The number of benzene rings is 2. The third-order valence-electron chi connectivity index (χ3n) is 3.59. The van der Waals surface area contributed by atoms with E-state index in [1.165, 1.54) is 35.0 Å². The van der Waals surface area contributed by atoms with E-state index in [1.54, 1.807) is 18.2 Å². The lowest BCUT2D eigenvalue weighted by Crippen LogP contribution is -2.16. The minimum absolute atomic E-state index is 0.226. The third kappa shape index (κ3) is 4.99. The highest BCUT2D eigenvalue weighted by atomic mass is 35.5. The first-order valence-electron chi connectivity index (χ1n) is 7.77. The maximum absolute atomic E-state index is 13.2. The lowest BCUT2D eigenvalue weighted by molar-refractivity contribution is -0.176. The highest BCUT2D eigenvalue weighted by Gasteiger charge is 2.27. The van der Waals surface area contributed by atoms with Crippen LogP contribution in [0.1, 0.15) is 5.56 Å². The van der Waals surface area contributed by atoms with Crippen molar-refractivity contribution in [1.29, 1.82) is 0 Å². The van der Waals surface area contributed by atoms with Crippen molar-refractivity contribution in [2.45, 2.75) is 12.8 Å². The van der Waals surface area contributed by atoms with Gasteiger partial charge in [-0.15, -0.1) is 0 Å². The molecule has 0 atom stereocenters. The van der Waals surface area contributed by atoms with Crippen molar-refractivity contribution < 1.29 is 22.3 Å². The smallest absolute Gasteiger partial charge is 0.382 e. The number of hydrogen-bond acceptors (Lipinski definition) is 3. The Hall–Kier alpha value is -2.58. The normalized spacial score (nSPS) is 11.7. The second-order valence-corrected chi connectivity index (χ2v) is 6.24. The van der Waals surface area contributed by atoms with Gasteiger partial charge in [0.1, 0.15) is 18.2 Å². The van der Waals surface area contributed by atoms with E-state index in [1.807, 2.05) is 0 Å². The van der Waals surface area contributed by atoms with Crippen molar-refractivity contribution >= 4 is 17.4 Å². The van der Waals surface area contributed by atoms with Crippen LogP contribution in [0.15, 0.2) is 48.5 Å². The largest absolute Gasteiger partial charge is 0.411 e. The van der Waals surface area contributed by atoms with Gasteiger partial charge in [0.25, 0.3) is 0 Å². The number of nitrogens with zero attached hydrogens (tertiary/aromatic N) is 2. The summed E-state index contributed by atoms with van der Waals surface area (Å²) in [6, 6.07) is 12.0. The molecule has 1 aromatic heterocycles. The van der Waals surface area contributed by atoms with Crippen molar-refractivity contribution in [2.24, 2.45) is 0 Å². The molecule has 9 heteroatoms. The molecule has 0 bridgehead atoms. The van der Waals surface area contributed by atoms with Gasteiger partial charge in [0.05, 0.1) is 18.0 Å². The minimum atomic E-state index is -4.41. The van der Waals surface area contributed by atoms with Crippen molar-refractivity contribution in [1.82, 2.24) is 9.78 Å².